The fourth-order valence-electron chi connectivity index (χ4n) is 3.69. The first-order valence-electron chi connectivity index (χ1n) is 10.0. The molecule has 1 saturated carbocycles. The van der Waals surface area contributed by atoms with Crippen molar-refractivity contribution in [2.45, 2.75) is 70.4 Å². The van der Waals surface area contributed by atoms with Crippen molar-refractivity contribution in [3.05, 3.63) is 26.4 Å². The molecule has 0 aromatic carbocycles. The molecule has 2 rings (SSSR count). The number of aromatic nitrogens is 2. The van der Waals surface area contributed by atoms with Gasteiger partial charge in [0.05, 0.1) is 0 Å². The van der Waals surface area contributed by atoms with Crippen LogP contribution in [-0.4, -0.2) is 47.9 Å². The maximum atomic E-state index is 13.0. The molecule has 0 atom stereocenters. The Bertz CT molecular complexity index is 916. The highest BCUT2D eigenvalue weighted by molar-refractivity contribution is 7.80. The van der Waals surface area contributed by atoms with E-state index in [-0.39, 0.29) is 29.6 Å². The smallest absolute Gasteiger partial charge is 0.334 e. The molecule has 1 fully saturated rings. The van der Waals surface area contributed by atoms with Crippen LogP contribution < -0.4 is 16.6 Å². The highest BCUT2D eigenvalue weighted by atomic mass is 32.1. The van der Waals surface area contributed by atoms with Gasteiger partial charge in [0.2, 0.25) is 5.88 Å². The predicted molar refractivity (Wildman–Crippen MR) is 112 cm³/mol. The van der Waals surface area contributed by atoms with Crippen LogP contribution in [0.1, 0.15) is 69.4 Å². The van der Waals surface area contributed by atoms with Gasteiger partial charge in [0.1, 0.15) is 17.1 Å². The lowest BCUT2D eigenvalue weighted by molar-refractivity contribution is -0.137. The van der Waals surface area contributed by atoms with Gasteiger partial charge in [-0.1, -0.05) is 37.9 Å². The highest BCUT2D eigenvalue weighted by Crippen LogP contribution is 2.26. The minimum atomic E-state index is -1.18. The average molecular weight is 442 g/mol. The lowest BCUT2D eigenvalue weighted by Gasteiger charge is -2.25. The number of aromatic hydroxyl groups is 1. The zero-order valence-corrected chi connectivity index (χ0v) is 17.4. The van der Waals surface area contributed by atoms with Gasteiger partial charge in [-0.2, -0.15) is 0 Å². The predicted octanol–water partition coefficient (Wildman–Crippen LogP) is 1.22. The van der Waals surface area contributed by atoms with Gasteiger partial charge in [-0.15, -0.1) is 0 Å². The van der Waals surface area contributed by atoms with Gasteiger partial charge in [0.25, 0.3) is 5.56 Å². The SMILES string of the molecule is O=C(O)CCCCCn1c(O)c(C(=S)NCC(=O)O)c(=O)n(C2CCCCC2)c1=O. The van der Waals surface area contributed by atoms with E-state index in [0.717, 1.165) is 28.4 Å². The number of hydrogen-bond acceptors (Lipinski definition) is 6. The van der Waals surface area contributed by atoms with Crippen molar-refractivity contribution in [1.29, 1.82) is 0 Å². The van der Waals surface area contributed by atoms with Crippen molar-refractivity contribution in [2.24, 2.45) is 0 Å². The molecule has 0 unspecified atom stereocenters. The van der Waals surface area contributed by atoms with Crippen LogP contribution in [0.5, 0.6) is 5.88 Å². The fraction of sp³-hybridized carbons (Fsp3) is 0.632. The number of hydrogen-bond donors (Lipinski definition) is 4. The number of unbranched alkanes of at least 4 members (excludes halogenated alkanes) is 2. The maximum Gasteiger partial charge on any atom is 0.334 e. The Labute approximate surface area is 178 Å². The zero-order valence-electron chi connectivity index (χ0n) is 16.6. The van der Waals surface area contributed by atoms with Gasteiger partial charge in [-0.3, -0.25) is 23.5 Å². The third kappa shape index (κ3) is 5.91. The van der Waals surface area contributed by atoms with Crippen molar-refractivity contribution in [3.8, 4) is 5.88 Å². The topological polar surface area (TPSA) is 151 Å². The van der Waals surface area contributed by atoms with E-state index in [1.807, 2.05) is 0 Å². The summed E-state index contributed by atoms with van der Waals surface area (Å²) in [7, 11) is 0. The van der Waals surface area contributed by atoms with Gasteiger partial charge in [-0.25, -0.2) is 4.79 Å². The Balaban J connectivity index is 2.40. The molecule has 0 spiro atoms. The third-order valence-corrected chi connectivity index (χ3v) is 5.54. The number of nitrogens with one attached hydrogen (secondary N) is 1. The minimum absolute atomic E-state index is 0.0108. The summed E-state index contributed by atoms with van der Waals surface area (Å²) >= 11 is 5.13. The first-order valence-corrected chi connectivity index (χ1v) is 10.4. The van der Waals surface area contributed by atoms with Crippen molar-refractivity contribution in [1.82, 2.24) is 14.5 Å². The summed E-state index contributed by atoms with van der Waals surface area (Å²) in [6, 6.07) is -0.307. The van der Waals surface area contributed by atoms with E-state index < -0.39 is 35.6 Å². The van der Waals surface area contributed by atoms with Crippen molar-refractivity contribution in [3.63, 3.8) is 0 Å². The molecule has 1 aliphatic rings. The molecule has 0 radical (unpaired) electrons. The Kier molecular flexibility index (Phi) is 8.58. The van der Waals surface area contributed by atoms with E-state index in [9.17, 15) is 24.3 Å². The van der Waals surface area contributed by atoms with Crippen LogP contribution in [0.25, 0.3) is 0 Å². The summed E-state index contributed by atoms with van der Waals surface area (Å²) in [6.45, 7) is -0.443. The second-order valence-corrected chi connectivity index (χ2v) is 7.79. The molecule has 166 valence electrons. The maximum absolute atomic E-state index is 13.0. The average Bonchev–Trinajstić information content (AvgIpc) is 2.69. The molecule has 0 aliphatic heterocycles. The number of carboxylic acid groups (broad SMARTS) is 2. The largest absolute Gasteiger partial charge is 0.494 e. The van der Waals surface area contributed by atoms with E-state index in [4.69, 9.17) is 22.4 Å². The monoisotopic (exact) mass is 441 g/mol. The molecular formula is C19H27N3O7S. The summed E-state index contributed by atoms with van der Waals surface area (Å²) in [5, 5.41) is 30.6. The Morgan fingerprint density at radius 3 is 2.30 bits per heavy atom. The molecule has 10 nitrogen and oxygen atoms in total. The highest BCUT2D eigenvalue weighted by Gasteiger charge is 2.27. The summed E-state index contributed by atoms with van der Waals surface area (Å²) in [4.78, 5) is 47.3. The van der Waals surface area contributed by atoms with Crippen LogP contribution in [0.3, 0.4) is 0 Å². The number of aliphatic carboxylic acids is 2. The zero-order chi connectivity index (χ0) is 22.3. The molecule has 1 aromatic heterocycles. The summed E-state index contributed by atoms with van der Waals surface area (Å²) in [5.41, 5.74) is -1.65. The molecule has 0 saturated heterocycles. The third-order valence-electron chi connectivity index (χ3n) is 5.19. The first-order chi connectivity index (χ1) is 14.2. The van der Waals surface area contributed by atoms with Crippen molar-refractivity contribution in [2.75, 3.05) is 6.54 Å². The van der Waals surface area contributed by atoms with E-state index in [2.05, 4.69) is 5.32 Å². The van der Waals surface area contributed by atoms with Gasteiger partial charge >= 0.3 is 17.6 Å². The molecule has 4 N–H and O–H groups in total. The van der Waals surface area contributed by atoms with Gasteiger partial charge in [-0.05, 0) is 25.7 Å². The van der Waals surface area contributed by atoms with Gasteiger partial charge in [0.15, 0.2) is 0 Å². The number of rotatable bonds is 10. The molecule has 1 aromatic rings. The Morgan fingerprint density at radius 1 is 1.03 bits per heavy atom. The quantitative estimate of drug-likeness (QED) is 0.310. The van der Waals surface area contributed by atoms with Gasteiger partial charge < -0.3 is 20.6 Å². The van der Waals surface area contributed by atoms with Crippen molar-refractivity contribution < 1.29 is 24.9 Å². The van der Waals surface area contributed by atoms with Crippen LogP contribution in [0.15, 0.2) is 9.59 Å². The van der Waals surface area contributed by atoms with Crippen LogP contribution in [0.4, 0.5) is 0 Å². The van der Waals surface area contributed by atoms with Gasteiger partial charge in [0, 0.05) is 19.0 Å². The standard InChI is InChI=1S/C19H27N3O7S/c23-13(24)9-5-2-6-10-21-17(27)15(16(30)20-11-14(25)26)18(28)22(19(21)29)12-7-3-1-4-8-12/h12,27H,1-11H2,(H,20,30)(H,23,24)(H,25,26). The number of nitrogens with zero attached hydrogens (tertiary/aromatic N) is 2. The van der Waals surface area contributed by atoms with Crippen molar-refractivity contribution >= 4 is 29.1 Å². The Hall–Kier alpha value is -2.69. The number of carbonyl (C=O) groups is 2. The lowest BCUT2D eigenvalue weighted by atomic mass is 9.95. The molecular weight excluding hydrogens is 414 g/mol. The Morgan fingerprint density at radius 2 is 1.70 bits per heavy atom. The summed E-state index contributed by atoms with van der Waals surface area (Å²) in [5.74, 6) is -2.69. The first kappa shape index (κ1) is 23.6. The van der Waals surface area contributed by atoms with E-state index >= 15 is 0 Å². The van der Waals surface area contributed by atoms with E-state index in [0.29, 0.717) is 32.1 Å². The molecule has 0 bridgehead atoms. The normalized spacial score (nSPS) is 14.4. The second kappa shape index (κ2) is 10.9. The summed E-state index contributed by atoms with van der Waals surface area (Å²) < 4.78 is 2.20. The fourth-order valence-corrected chi connectivity index (χ4v) is 3.94. The molecule has 0 amide bonds. The van der Waals surface area contributed by atoms with Crippen LogP contribution in [0, 0.1) is 0 Å². The van der Waals surface area contributed by atoms with E-state index in [1.54, 1.807) is 0 Å². The van der Waals surface area contributed by atoms with Crippen LogP contribution in [0.2, 0.25) is 0 Å². The van der Waals surface area contributed by atoms with Crippen LogP contribution in [-0.2, 0) is 16.1 Å². The molecule has 11 heteroatoms. The number of thiocarbonyl (C=S) groups is 1. The second-order valence-electron chi connectivity index (χ2n) is 7.38. The van der Waals surface area contributed by atoms with E-state index in [1.165, 1.54) is 0 Å². The van der Waals surface area contributed by atoms with Crippen LogP contribution >= 0.6 is 12.2 Å². The molecule has 30 heavy (non-hydrogen) atoms. The molecule has 1 heterocycles. The minimum Gasteiger partial charge on any atom is -0.494 e. The number of carboxylic acids is 2. The lowest BCUT2D eigenvalue weighted by Crippen LogP contribution is -2.46. The molecule has 1 aliphatic carbocycles. The summed E-state index contributed by atoms with van der Waals surface area (Å²) in [6.07, 6.45) is 5.49.